The summed E-state index contributed by atoms with van der Waals surface area (Å²) in [6.07, 6.45) is 0. The van der Waals surface area contributed by atoms with E-state index in [0.717, 1.165) is 6.54 Å². The Bertz CT molecular complexity index is 216. The Balaban J connectivity index is 0.00000121. The van der Waals surface area contributed by atoms with Gasteiger partial charge in [-0.05, 0) is 26.6 Å². The molecule has 0 N–H and O–H groups in total. The summed E-state index contributed by atoms with van der Waals surface area (Å²) in [5.74, 6) is 0. The molecule has 0 bridgehead atoms. The van der Waals surface area contributed by atoms with Crippen molar-refractivity contribution >= 4 is 9.90 Å². The second-order valence-electron chi connectivity index (χ2n) is 3.22. The van der Waals surface area contributed by atoms with Crippen molar-refractivity contribution in [2.75, 3.05) is 14.1 Å². The molecule has 0 aliphatic carbocycles. The Hall–Kier alpha value is -0.390. The highest BCUT2D eigenvalue weighted by Crippen LogP contribution is 2.04. The highest BCUT2D eigenvalue weighted by Gasteiger charge is 1.92. The summed E-state index contributed by atoms with van der Waals surface area (Å²) in [5.41, 5.74) is 2.70. The molecule has 0 radical (unpaired) electrons. The van der Waals surface area contributed by atoms with Crippen LogP contribution in [0, 0.1) is 6.92 Å². The van der Waals surface area contributed by atoms with Crippen LogP contribution in [0.5, 0.6) is 0 Å². The van der Waals surface area contributed by atoms with E-state index in [1.807, 2.05) is 0 Å². The highest BCUT2D eigenvalue weighted by atomic mass is 31.0. The molecular weight excluding hydrogens is 165 g/mol. The van der Waals surface area contributed by atoms with Gasteiger partial charge in [-0.25, -0.2) is 0 Å². The van der Waals surface area contributed by atoms with E-state index in [9.17, 15) is 0 Å². The lowest BCUT2D eigenvalue weighted by atomic mass is 10.1. The molecular formula is C10H18NP. The molecule has 0 aliphatic rings. The third-order valence-corrected chi connectivity index (χ3v) is 1.62. The Kier molecular flexibility index (Phi) is 5.12. The van der Waals surface area contributed by atoms with Crippen LogP contribution >= 0.6 is 9.90 Å². The van der Waals surface area contributed by atoms with Crippen LogP contribution in [0.3, 0.4) is 0 Å². The summed E-state index contributed by atoms with van der Waals surface area (Å²) in [6.45, 7) is 3.14. The second kappa shape index (κ2) is 5.29. The van der Waals surface area contributed by atoms with E-state index in [0.29, 0.717) is 0 Å². The Morgan fingerprint density at radius 3 is 2.00 bits per heavy atom. The zero-order valence-corrected chi connectivity index (χ0v) is 9.59. The van der Waals surface area contributed by atoms with E-state index in [2.05, 4.69) is 50.2 Å². The first kappa shape index (κ1) is 11.6. The molecule has 12 heavy (non-hydrogen) atoms. The molecule has 2 heteroatoms. The number of hydrogen-bond acceptors (Lipinski definition) is 1. The Morgan fingerprint density at radius 2 is 1.58 bits per heavy atom. The first-order chi connectivity index (χ1) is 5.18. The molecule has 1 aromatic carbocycles. The molecule has 0 spiro atoms. The summed E-state index contributed by atoms with van der Waals surface area (Å²) in [7, 11) is 4.17. The number of rotatable bonds is 2. The molecule has 0 amide bonds. The van der Waals surface area contributed by atoms with Crippen LogP contribution in [0.15, 0.2) is 24.3 Å². The van der Waals surface area contributed by atoms with E-state index >= 15 is 0 Å². The molecule has 1 aromatic rings. The third-order valence-electron chi connectivity index (χ3n) is 1.62. The van der Waals surface area contributed by atoms with Crippen LogP contribution in [-0.2, 0) is 6.54 Å². The zero-order valence-electron chi connectivity index (χ0n) is 8.17. The topological polar surface area (TPSA) is 3.24 Å². The van der Waals surface area contributed by atoms with Crippen LogP contribution in [0.4, 0.5) is 0 Å². The summed E-state index contributed by atoms with van der Waals surface area (Å²) in [5, 5.41) is 0. The van der Waals surface area contributed by atoms with E-state index in [1.54, 1.807) is 0 Å². The molecule has 1 nitrogen and oxygen atoms in total. The second-order valence-corrected chi connectivity index (χ2v) is 3.22. The lowest BCUT2D eigenvalue weighted by molar-refractivity contribution is 0.402. The average Bonchev–Trinajstić information content (AvgIpc) is 1.93. The smallest absolute Gasteiger partial charge is 0.0227 e. The molecule has 0 heterocycles. The normalized spacial score (nSPS) is 9.67. The van der Waals surface area contributed by atoms with Gasteiger partial charge in [-0.15, -0.1) is 0 Å². The lowest BCUT2D eigenvalue weighted by Gasteiger charge is -2.08. The van der Waals surface area contributed by atoms with Gasteiger partial charge in [-0.3, -0.25) is 0 Å². The fourth-order valence-corrected chi connectivity index (χ4v) is 1.06. The maximum atomic E-state index is 2.18. The quantitative estimate of drug-likeness (QED) is 0.635. The molecule has 0 aromatic heterocycles. The zero-order chi connectivity index (χ0) is 8.27. The van der Waals surface area contributed by atoms with Gasteiger partial charge in [0.2, 0.25) is 0 Å². The first-order valence-electron chi connectivity index (χ1n) is 3.89. The summed E-state index contributed by atoms with van der Waals surface area (Å²) in [4.78, 5) is 2.17. The predicted molar refractivity (Wildman–Crippen MR) is 59.7 cm³/mol. The van der Waals surface area contributed by atoms with Crippen molar-refractivity contribution in [3.05, 3.63) is 35.4 Å². The summed E-state index contributed by atoms with van der Waals surface area (Å²) >= 11 is 0. The maximum Gasteiger partial charge on any atom is 0.0227 e. The first-order valence-corrected chi connectivity index (χ1v) is 3.89. The van der Waals surface area contributed by atoms with Crippen molar-refractivity contribution in [2.24, 2.45) is 0 Å². The van der Waals surface area contributed by atoms with Gasteiger partial charge < -0.3 is 4.90 Å². The van der Waals surface area contributed by atoms with E-state index in [-0.39, 0.29) is 9.90 Å². The minimum absolute atomic E-state index is 0. The molecule has 1 rings (SSSR count). The van der Waals surface area contributed by atoms with Crippen molar-refractivity contribution in [3.8, 4) is 0 Å². The van der Waals surface area contributed by atoms with Gasteiger partial charge in [0.15, 0.2) is 0 Å². The third kappa shape index (κ3) is 3.85. The van der Waals surface area contributed by atoms with Crippen LogP contribution in [-0.4, -0.2) is 19.0 Å². The van der Waals surface area contributed by atoms with Gasteiger partial charge in [-0.2, -0.15) is 9.90 Å². The SMILES string of the molecule is Cc1ccc(CN(C)C)cc1.P. The molecule has 0 saturated heterocycles. The molecule has 0 fully saturated rings. The van der Waals surface area contributed by atoms with Crippen LogP contribution in [0.25, 0.3) is 0 Å². The fraction of sp³-hybridized carbons (Fsp3) is 0.400. The van der Waals surface area contributed by atoms with Gasteiger partial charge in [0, 0.05) is 6.54 Å². The Labute approximate surface area is 78.4 Å². The number of benzene rings is 1. The largest absolute Gasteiger partial charge is 0.305 e. The van der Waals surface area contributed by atoms with Crippen LogP contribution in [0.2, 0.25) is 0 Å². The van der Waals surface area contributed by atoms with Gasteiger partial charge in [0.25, 0.3) is 0 Å². The van der Waals surface area contributed by atoms with E-state index in [4.69, 9.17) is 0 Å². The molecule has 0 aliphatic heterocycles. The van der Waals surface area contributed by atoms with Crippen molar-refractivity contribution in [1.29, 1.82) is 0 Å². The van der Waals surface area contributed by atoms with E-state index < -0.39 is 0 Å². The van der Waals surface area contributed by atoms with E-state index in [1.165, 1.54) is 11.1 Å². The van der Waals surface area contributed by atoms with Gasteiger partial charge in [-0.1, -0.05) is 29.8 Å². The molecule has 1 unspecified atom stereocenters. The summed E-state index contributed by atoms with van der Waals surface area (Å²) in [6, 6.07) is 8.66. The van der Waals surface area contributed by atoms with Crippen molar-refractivity contribution in [2.45, 2.75) is 13.5 Å². The van der Waals surface area contributed by atoms with Crippen LogP contribution < -0.4 is 0 Å². The minimum Gasteiger partial charge on any atom is -0.305 e. The van der Waals surface area contributed by atoms with Crippen molar-refractivity contribution in [1.82, 2.24) is 4.90 Å². The summed E-state index contributed by atoms with van der Waals surface area (Å²) < 4.78 is 0. The number of aryl methyl sites for hydroxylation is 1. The molecule has 68 valence electrons. The maximum absolute atomic E-state index is 2.18. The van der Waals surface area contributed by atoms with Gasteiger partial charge >= 0.3 is 0 Å². The molecule has 1 atom stereocenters. The van der Waals surface area contributed by atoms with Crippen molar-refractivity contribution in [3.63, 3.8) is 0 Å². The highest BCUT2D eigenvalue weighted by molar-refractivity contribution is 6.92. The minimum atomic E-state index is 0. The molecule has 0 saturated carbocycles. The fourth-order valence-electron chi connectivity index (χ4n) is 1.06. The van der Waals surface area contributed by atoms with Gasteiger partial charge in [0.1, 0.15) is 0 Å². The standard InChI is InChI=1S/C10H15N.H3P/c1-9-4-6-10(7-5-9)8-11(2)3;/h4-7H,8H2,1-3H3;1H3. The lowest BCUT2D eigenvalue weighted by Crippen LogP contribution is -2.10. The number of nitrogens with zero attached hydrogens (tertiary/aromatic N) is 1. The van der Waals surface area contributed by atoms with Crippen LogP contribution in [0.1, 0.15) is 11.1 Å². The monoisotopic (exact) mass is 183 g/mol. The van der Waals surface area contributed by atoms with Crippen molar-refractivity contribution < 1.29 is 0 Å². The number of hydrogen-bond donors (Lipinski definition) is 0. The van der Waals surface area contributed by atoms with Gasteiger partial charge in [0.05, 0.1) is 0 Å². The average molecular weight is 183 g/mol. The Morgan fingerprint density at radius 1 is 1.08 bits per heavy atom. The predicted octanol–water partition coefficient (Wildman–Crippen LogP) is 2.11.